The van der Waals surface area contributed by atoms with Crippen molar-refractivity contribution in [3.05, 3.63) is 30.2 Å². The van der Waals surface area contributed by atoms with Crippen LogP contribution in [0.1, 0.15) is 12.8 Å². The molecular formula is C9H9O3. The number of allylic oxidation sites excluding steroid dienone is 2. The van der Waals surface area contributed by atoms with Crippen LogP contribution in [0.2, 0.25) is 0 Å². The van der Waals surface area contributed by atoms with E-state index < -0.39 is 5.97 Å². The van der Waals surface area contributed by atoms with E-state index in [-0.39, 0.29) is 17.8 Å². The van der Waals surface area contributed by atoms with Crippen LogP contribution in [0.4, 0.5) is 0 Å². The summed E-state index contributed by atoms with van der Waals surface area (Å²) in [7, 11) is 0. The lowest BCUT2D eigenvalue weighted by molar-refractivity contribution is -0.132. The molecule has 3 heteroatoms. The molecule has 1 N–H and O–H groups in total. The van der Waals surface area contributed by atoms with Gasteiger partial charge < -0.3 is 5.11 Å². The lowest BCUT2D eigenvalue weighted by Crippen LogP contribution is -2.10. The van der Waals surface area contributed by atoms with Crippen LogP contribution in [0.15, 0.2) is 23.3 Å². The Morgan fingerprint density at radius 1 is 1.67 bits per heavy atom. The van der Waals surface area contributed by atoms with Gasteiger partial charge in [-0.1, -0.05) is 6.08 Å². The molecule has 0 aromatic carbocycles. The van der Waals surface area contributed by atoms with Crippen molar-refractivity contribution in [2.24, 2.45) is 0 Å². The van der Waals surface area contributed by atoms with Crippen molar-refractivity contribution in [1.29, 1.82) is 0 Å². The maximum atomic E-state index is 10.9. The highest BCUT2D eigenvalue weighted by molar-refractivity contribution is 6.01. The Hall–Kier alpha value is -1.38. The summed E-state index contributed by atoms with van der Waals surface area (Å²) >= 11 is 0. The molecule has 0 unspecified atom stereocenters. The summed E-state index contributed by atoms with van der Waals surface area (Å²) in [4.78, 5) is 21.4. The smallest absolute Gasteiger partial charge is 0.335 e. The molecule has 0 aromatic heterocycles. The van der Waals surface area contributed by atoms with Crippen LogP contribution >= 0.6 is 0 Å². The van der Waals surface area contributed by atoms with Gasteiger partial charge in [0.2, 0.25) is 0 Å². The minimum atomic E-state index is -0.989. The second-order valence-electron chi connectivity index (χ2n) is 2.51. The average molecular weight is 165 g/mol. The first kappa shape index (κ1) is 8.71. The van der Waals surface area contributed by atoms with Gasteiger partial charge in [-0.3, -0.25) is 4.79 Å². The van der Waals surface area contributed by atoms with E-state index in [1.54, 1.807) is 0 Å². The van der Waals surface area contributed by atoms with Gasteiger partial charge in [0.1, 0.15) is 0 Å². The molecular weight excluding hydrogens is 156 g/mol. The molecule has 3 nitrogen and oxygen atoms in total. The van der Waals surface area contributed by atoms with E-state index in [1.807, 2.05) is 0 Å². The van der Waals surface area contributed by atoms with Crippen molar-refractivity contribution in [2.45, 2.75) is 12.8 Å². The maximum absolute atomic E-state index is 10.9. The van der Waals surface area contributed by atoms with E-state index in [4.69, 9.17) is 5.11 Å². The van der Waals surface area contributed by atoms with Gasteiger partial charge in [0.15, 0.2) is 5.78 Å². The van der Waals surface area contributed by atoms with Gasteiger partial charge in [-0.2, -0.15) is 0 Å². The Bertz CT molecular complexity index is 284. The molecule has 1 aliphatic carbocycles. The first-order valence-corrected chi connectivity index (χ1v) is 3.61. The Morgan fingerprint density at radius 3 is 2.83 bits per heavy atom. The molecule has 1 rings (SSSR count). The number of carboxylic acids is 1. The highest BCUT2D eigenvalue weighted by Gasteiger charge is 2.16. The third-order valence-corrected chi connectivity index (χ3v) is 1.69. The SMILES string of the molecule is [CH2]CC1=CC(=O)CC=C1C(=O)O. The van der Waals surface area contributed by atoms with Gasteiger partial charge in [0, 0.05) is 6.42 Å². The molecule has 0 bridgehead atoms. The molecule has 1 aliphatic rings. The van der Waals surface area contributed by atoms with Crippen LogP contribution in [-0.2, 0) is 9.59 Å². The van der Waals surface area contributed by atoms with Crippen LogP contribution < -0.4 is 0 Å². The van der Waals surface area contributed by atoms with E-state index >= 15 is 0 Å². The van der Waals surface area contributed by atoms with Gasteiger partial charge >= 0.3 is 5.97 Å². The predicted molar refractivity (Wildman–Crippen MR) is 43.4 cm³/mol. The predicted octanol–water partition coefficient (Wildman–Crippen LogP) is 1.12. The fraction of sp³-hybridized carbons (Fsp3) is 0.222. The first-order chi connectivity index (χ1) is 5.65. The van der Waals surface area contributed by atoms with Crippen LogP contribution in [0.25, 0.3) is 0 Å². The van der Waals surface area contributed by atoms with E-state index in [0.29, 0.717) is 12.0 Å². The molecule has 63 valence electrons. The summed E-state index contributed by atoms with van der Waals surface area (Å²) in [5.41, 5.74) is 0.725. The van der Waals surface area contributed by atoms with E-state index in [9.17, 15) is 9.59 Å². The number of hydrogen-bond acceptors (Lipinski definition) is 2. The third kappa shape index (κ3) is 1.61. The Balaban J connectivity index is 2.96. The molecule has 0 fully saturated rings. The number of carbonyl (C=O) groups excluding carboxylic acids is 1. The Morgan fingerprint density at radius 2 is 2.33 bits per heavy atom. The summed E-state index contributed by atoms with van der Waals surface area (Å²) < 4.78 is 0. The van der Waals surface area contributed by atoms with Gasteiger partial charge in [-0.05, 0) is 25.0 Å². The summed E-state index contributed by atoms with van der Waals surface area (Å²) in [6.07, 6.45) is 3.32. The molecule has 0 spiro atoms. The molecule has 0 atom stereocenters. The average Bonchev–Trinajstić information content (AvgIpc) is 2.03. The Kier molecular flexibility index (Phi) is 2.43. The summed E-state index contributed by atoms with van der Waals surface area (Å²) in [5, 5.41) is 8.68. The van der Waals surface area contributed by atoms with E-state index in [0.717, 1.165) is 0 Å². The van der Waals surface area contributed by atoms with Crippen LogP contribution in [0.5, 0.6) is 0 Å². The molecule has 0 heterocycles. The Labute approximate surface area is 70.4 Å². The monoisotopic (exact) mass is 165 g/mol. The molecule has 0 saturated heterocycles. The van der Waals surface area contributed by atoms with Crippen molar-refractivity contribution >= 4 is 11.8 Å². The van der Waals surface area contributed by atoms with Crippen LogP contribution in [-0.4, -0.2) is 16.9 Å². The van der Waals surface area contributed by atoms with Crippen molar-refractivity contribution in [3.8, 4) is 0 Å². The number of aliphatic carboxylic acids is 1. The van der Waals surface area contributed by atoms with Crippen molar-refractivity contribution in [2.75, 3.05) is 0 Å². The van der Waals surface area contributed by atoms with Gasteiger partial charge in [0.05, 0.1) is 5.57 Å². The third-order valence-electron chi connectivity index (χ3n) is 1.69. The maximum Gasteiger partial charge on any atom is 0.335 e. The zero-order valence-electron chi connectivity index (χ0n) is 6.54. The number of hydrogen-bond donors (Lipinski definition) is 1. The van der Waals surface area contributed by atoms with Crippen LogP contribution in [0, 0.1) is 6.92 Å². The first-order valence-electron chi connectivity index (χ1n) is 3.61. The lowest BCUT2D eigenvalue weighted by Gasteiger charge is -2.09. The van der Waals surface area contributed by atoms with Crippen molar-refractivity contribution in [1.82, 2.24) is 0 Å². The van der Waals surface area contributed by atoms with Gasteiger partial charge in [-0.15, -0.1) is 0 Å². The highest BCUT2D eigenvalue weighted by Crippen LogP contribution is 2.19. The quantitative estimate of drug-likeness (QED) is 0.667. The zero-order valence-corrected chi connectivity index (χ0v) is 6.54. The molecule has 0 saturated carbocycles. The minimum Gasteiger partial charge on any atom is -0.478 e. The zero-order chi connectivity index (χ0) is 9.14. The van der Waals surface area contributed by atoms with Crippen molar-refractivity contribution < 1.29 is 14.7 Å². The summed E-state index contributed by atoms with van der Waals surface area (Å²) in [6.45, 7) is 3.55. The van der Waals surface area contributed by atoms with E-state index in [1.165, 1.54) is 12.2 Å². The van der Waals surface area contributed by atoms with Gasteiger partial charge in [-0.25, -0.2) is 4.79 Å². The number of carbonyl (C=O) groups is 2. The van der Waals surface area contributed by atoms with E-state index in [2.05, 4.69) is 6.92 Å². The minimum absolute atomic E-state index is 0.0568. The highest BCUT2D eigenvalue weighted by atomic mass is 16.4. The largest absolute Gasteiger partial charge is 0.478 e. The summed E-state index contributed by atoms with van der Waals surface area (Å²) in [6, 6.07) is 0. The fourth-order valence-electron chi connectivity index (χ4n) is 1.10. The van der Waals surface area contributed by atoms with Crippen molar-refractivity contribution in [3.63, 3.8) is 0 Å². The van der Waals surface area contributed by atoms with Crippen LogP contribution in [0.3, 0.4) is 0 Å². The molecule has 1 radical (unpaired) electrons. The second-order valence-corrected chi connectivity index (χ2v) is 2.51. The summed E-state index contributed by atoms with van der Waals surface area (Å²) in [5.74, 6) is -1.05. The fourth-order valence-corrected chi connectivity index (χ4v) is 1.10. The number of rotatable bonds is 2. The molecule has 0 aliphatic heterocycles. The normalized spacial score (nSPS) is 16.9. The number of carboxylic acid groups (broad SMARTS) is 1. The molecule has 0 amide bonds. The van der Waals surface area contributed by atoms with Gasteiger partial charge in [0.25, 0.3) is 0 Å². The lowest BCUT2D eigenvalue weighted by atomic mass is 9.95. The molecule has 12 heavy (non-hydrogen) atoms. The molecule has 0 aromatic rings. The standard InChI is InChI=1S/C9H9O3/c1-2-6-5-7(10)3-4-8(6)9(11)12/h4-5H,1-3H2,(H,11,12). The second kappa shape index (κ2) is 3.34. The number of ketones is 1. The topological polar surface area (TPSA) is 54.4 Å².